The molecule has 2 fully saturated rings. The van der Waals surface area contributed by atoms with Crippen molar-refractivity contribution in [3.05, 3.63) is 0 Å². The summed E-state index contributed by atoms with van der Waals surface area (Å²) in [5, 5.41) is 3.28. The van der Waals surface area contributed by atoms with Gasteiger partial charge in [0.1, 0.15) is 0 Å². The molecule has 0 aromatic heterocycles. The van der Waals surface area contributed by atoms with Crippen LogP contribution in [0.4, 0.5) is 0 Å². The van der Waals surface area contributed by atoms with E-state index in [1.807, 2.05) is 4.90 Å². The fraction of sp³-hybridized carbons (Fsp3) is 0.889. The Labute approximate surface area is 73.1 Å². The Hall–Kier alpha value is -0.570. The van der Waals surface area contributed by atoms with Crippen molar-refractivity contribution >= 4 is 5.91 Å². The van der Waals surface area contributed by atoms with Gasteiger partial charge in [-0.3, -0.25) is 4.79 Å². The third-order valence-electron chi connectivity index (χ3n) is 2.80. The van der Waals surface area contributed by atoms with Gasteiger partial charge in [-0.05, 0) is 12.8 Å². The van der Waals surface area contributed by atoms with Crippen LogP contribution < -0.4 is 5.32 Å². The zero-order valence-corrected chi connectivity index (χ0v) is 7.38. The zero-order valence-electron chi connectivity index (χ0n) is 7.38. The van der Waals surface area contributed by atoms with E-state index in [9.17, 15) is 4.79 Å². The number of carbonyl (C=O) groups excluding carboxylic acids is 1. The minimum atomic E-state index is 0.138. The number of nitrogens with one attached hydrogen (secondary N) is 1. The van der Waals surface area contributed by atoms with Gasteiger partial charge in [0.05, 0.1) is 6.04 Å². The van der Waals surface area contributed by atoms with Crippen molar-refractivity contribution in [3.8, 4) is 0 Å². The number of carbonyl (C=O) groups is 1. The summed E-state index contributed by atoms with van der Waals surface area (Å²) in [5.41, 5.74) is 0. The minimum absolute atomic E-state index is 0.138. The highest BCUT2D eigenvalue weighted by atomic mass is 16.2. The van der Waals surface area contributed by atoms with E-state index in [0.29, 0.717) is 5.91 Å². The van der Waals surface area contributed by atoms with E-state index in [1.165, 1.54) is 19.3 Å². The molecule has 12 heavy (non-hydrogen) atoms. The molecule has 1 atom stereocenters. The maximum atomic E-state index is 11.6. The lowest BCUT2D eigenvalue weighted by atomic mass is 10.0. The van der Waals surface area contributed by atoms with Gasteiger partial charge < -0.3 is 10.2 Å². The molecule has 2 heterocycles. The zero-order chi connectivity index (χ0) is 8.39. The summed E-state index contributed by atoms with van der Waals surface area (Å²) in [6, 6.07) is 0.138. The molecule has 1 amide bonds. The van der Waals surface area contributed by atoms with Crippen LogP contribution in [0.2, 0.25) is 0 Å². The van der Waals surface area contributed by atoms with E-state index in [2.05, 4.69) is 5.32 Å². The molecule has 2 saturated heterocycles. The third-order valence-corrected chi connectivity index (χ3v) is 2.80. The molecule has 2 rings (SSSR count). The lowest BCUT2D eigenvalue weighted by Crippen LogP contribution is -2.55. The summed E-state index contributed by atoms with van der Waals surface area (Å²) in [4.78, 5) is 13.7. The predicted octanol–water partition coefficient (Wildman–Crippen LogP) is 0.361. The number of hydrogen-bond acceptors (Lipinski definition) is 2. The Kier molecular flexibility index (Phi) is 2.30. The molecule has 0 spiro atoms. The van der Waals surface area contributed by atoms with Crippen molar-refractivity contribution in [2.24, 2.45) is 0 Å². The fourth-order valence-corrected chi connectivity index (χ4v) is 2.07. The first-order valence-electron chi connectivity index (χ1n) is 4.90. The SMILES string of the molecule is O=C1C2CCCCCN1CCN2. The largest absolute Gasteiger partial charge is 0.340 e. The lowest BCUT2D eigenvalue weighted by Gasteiger charge is -2.35. The quantitative estimate of drug-likeness (QED) is 0.566. The average molecular weight is 168 g/mol. The van der Waals surface area contributed by atoms with E-state index in [4.69, 9.17) is 0 Å². The Bertz CT molecular complexity index is 165. The highest BCUT2D eigenvalue weighted by molar-refractivity contribution is 5.82. The summed E-state index contributed by atoms with van der Waals surface area (Å²) in [6.07, 6.45) is 4.72. The second-order valence-corrected chi connectivity index (χ2v) is 3.68. The molecule has 0 aromatic rings. The smallest absolute Gasteiger partial charge is 0.239 e. The van der Waals surface area contributed by atoms with Crippen molar-refractivity contribution in [1.82, 2.24) is 10.2 Å². The molecule has 2 aliphatic rings. The molecule has 0 aliphatic carbocycles. The molecule has 0 saturated carbocycles. The van der Waals surface area contributed by atoms with E-state index >= 15 is 0 Å². The van der Waals surface area contributed by atoms with Crippen LogP contribution in [0.3, 0.4) is 0 Å². The second-order valence-electron chi connectivity index (χ2n) is 3.68. The van der Waals surface area contributed by atoms with Gasteiger partial charge in [-0.25, -0.2) is 0 Å². The highest BCUT2D eigenvalue weighted by Crippen LogP contribution is 2.14. The fourth-order valence-electron chi connectivity index (χ4n) is 2.07. The van der Waals surface area contributed by atoms with Crippen LogP contribution in [0.15, 0.2) is 0 Å². The van der Waals surface area contributed by atoms with Gasteiger partial charge in [0.15, 0.2) is 0 Å². The van der Waals surface area contributed by atoms with Gasteiger partial charge in [-0.1, -0.05) is 12.8 Å². The molecule has 0 radical (unpaired) electrons. The Morgan fingerprint density at radius 3 is 3.08 bits per heavy atom. The molecular formula is C9H16N2O. The van der Waals surface area contributed by atoms with Crippen molar-refractivity contribution in [3.63, 3.8) is 0 Å². The molecule has 1 N–H and O–H groups in total. The van der Waals surface area contributed by atoms with Gasteiger partial charge in [0, 0.05) is 19.6 Å². The average Bonchev–Trinajstić information content (AvgIpc) is 2.10. The topological polar surface area (TPSA) is 32.3 Å². The van der Waals surface area contributed by atoms with E-state index < -0.39 is 0 Å². The van der Waals surface area contributed by atoms with Gasteiger partial charge in [0.2, 0.25) is 5.91 Å². The second kappa shape index (κ2) is 3.44. The number of fused-ring (bicyclic) bond motifs is 2. The van der Waals surface area contributed by atoms with Crippen molar-refractivity contribution in [2.75, 3.05) is 19.6 Å². The number of rotatable bonds is 0. The summed E-state index contributed by atoms with van der Waals surface area (Å²) >= 11 is 0. The number of nitrogens with zero attached hydrogens (tertiary/aromatic N) is 1. The lowest BCUT2D eigenvalue weighted by molar-refractivity contribution is -0.136. The number of hydrogen-bond donors (Lipinski definition) is 1. The number of amides is 1. The van der Waals surface area contributed by atoms with E-state index in [0.717, 1.165) is 26.1 Å². The van der Waals surface area contributed by atoms with Gasteiger partial charge in [0.25, 0.3) is 0 Å². The van der Waals surface area contributed by atoms with Gasteiger partial charge >= 0.3 is 0 Å². The highest BCUT2D eigenvalue weighted by Gasteiger charge is 2.28. The summed E-state index contributed by atoms with van der Waals surface area (Å²) in [5.74, 6) is 0.334. The Balaban J connectivity index is 2.05. The van der Waals surface area contributed by atoms with Crippen LogP contribution in [0.25, 0.3) is 0 Å². The third kappa shape index (κ3) is 1.46. The molecule has 2 aliphatic heterocycles. The van der Waals surface area contributed by atoms with Gasteiger partial charge in [-0.15, -0.1) is 0 Å². The first kappa shape index (κ1) is 8.05. The van der Waals surface area contributed by atoms with Crippen LogP contribution >= 0.6 is 0 Å². The van der Waals surface area contributed by atoms with Crippen molar-refractivity contribution in [1.29, 1.82) is 0 Å². The first-order valence-corrected chi connectivity index (χ1v) is 4.90. The summed E-state index contributed by atoms with van der Waals surface area (Å²) < 4.78 is 0. The molecule has 1 unspecified atom stereocenters. The standard InChI is InChI=1S/C9H16N2O/c12-9-8-4-2-1-3-6-11(9)7-5-10-8/h8,10H,1-7H2. The molecular weight excluding hydrogens is 152 g/mol. The molecule has 68 valence electrons. The summed E-state index contributed by atoms with van der Waals surface area (Å²) in [6.45, 7) is 2.88. The first-order chi connectivity index (χ1) is 5.88. The van der Waals surface area contributed by atoms with Crippen molar-refractivity contribution < 1.29 is 4.79 Å². The molecule has 3 heteroatoms. The normalized spacial score (nSPS) is 31.2. The maximum Gasteiger partial charge on any atom is 0.239 e. The van der Waals surface area contributed by atoms with E-state index in [1.54, 1.807) is 0 Å². The monoisotopic (exact) mass is 168 g/mol. The maximum absolute atomic E-state index is 11.6. The Morgan fingerprint density at radius 2 is 2.17 bits per heavy atom. The predicted molar refractivity (Wildman–Crippen MR) is 46.8 cm³/mol. The van der Waals surface area contributed by atoms with Crippen molar-refractivity contribution in [2.45, 2.75) is 31.7 Å². The summed E-state index contributed by atoms with van der Waals surface area (Å²) in [7, 11) is 0. The Morgan fingerprint density at radius 1 is 1.25 bits per heavy atom. The van der Waals surface area contributed by atoms with Crippen LogP contribution in [-0.2, 0) is 4.79 Å². The van der Waals surface area contributed by atoms with Crippen LogP contribution in [0, 0.1) is 0 Å². The van der Waals surface area contributed by atoms with Crippen LogP contribution in [-0.4, -0.2) is 36.5 Å². The number of piperazine rings is 1. The van der Waals surface area contributed by atoms with E-state index in [-0.39, 0.29) is 6.04 Å². The molecule has 2 bridgehead atoms. The van der Waals surface area contributed by atoms with Gasteiger partial charge in [-0.2, -0.15) is 0 Å². The molecule has 3 nitrogen and oxygen atoms in total. The van der Waals surface area contributed by atoms with Crippen LogP contribution in [0.5, 0.6) is 0 Å². The van der Waals surface area contributed by atoms with Crippen LogP contribution in [0.1, 0.15) is 25.7 Å². The minimum Gasteiger partial charge on any atom is -0.340 e. The molecule has 0 aromatic carbocycles.